The third-order valence-corrected chi connectivity index (χ3v) is 2.15. The molecule has 0 aliphatic rings. The number of benzene rings is 1. The lowest BCUT2D eigenvalue weighted by atomic mass is 9.99. The Labute approximate surface area is 77.2 Å². The van der Waals surface area contributed by atoms with Gasteiger partial charge in [-0.2, -0.15) is 0 Å². The summed E-state index contributed by atoms with van der Waals surface area (Å²) in [4.78, 5) is 0. The van der Waals surface area contributed by atoms with Crippen molar-refractivity contribution in [2.75, 3.05) is 0 Å². The summed E-state index contributed by atoms with van der Waals surface area (Å²) >= 11 is 0. The number of rotatable bonds is 3. The van der Waals surface area contributed by atoms with Gasteiger partial charge in [0.25, 0.3) is 0 Å². The van der Waals surface area contributed by atoms with Crippen molar-refractivity contribution in [1.29, 1.82) is 0 Å². The second-order valence-electron chi connectivity index (χ2n) is 2.98. The third kappa shape index (κ3) is 2.05. The van der Waals surface area contributed by atoms with Crippen LogP contribution in [0.5, 0.6) is 0 Å². The van der Waals surface area contributed by atoms with Crippen LogP contribution in [0.3, 0.4) is 0 Å². The zero-order valence-electron chi connectivity index (χ0n) is 7.63. The van der Waals surface area contributed by atoms with Crippen molar-refractivity contribution in [2.24, 2.45) is 5.73 Å². The Morgan fingerprint density at radius 1 is 1.54 bits per heavy atom. The zero-order valence-corrected chi connectivity index (χ0v) is 7.63. The van der Waals surface area contributed by atoms with Crippen LogP contribution in [-0.2, 0) is 6.61 Å². The Bertz CT molecular complexity index is 288. The molecule has 3 N–H and O–H groups in total. The Hall–Kier alpha value is -0.930. The van der Waals surface area contributed by atoms with Gasteiger partial charge in [0.1, 0.15) is 5.82 Å². The topological polar surface area (TPSA) is 46.2 Å². The Kier molecular flexibility index (Phi) is 3.39. The van der Waals surface area contributed by atoms with Gasteiger partial charge in [0, 0.05) is 11.6 Å². The van der Waals surface area contributed by atoms with Gasteiger partial charge < -0.3 is 10.8 Å². The molecule has 0 bridgehead atoms. The summed E-state index contributed by atoms with van der Waals surface area (Å²) < 4.78 is 13.1. The summed E-state index contributed by atoms with van der Waals surface area (Å²) in [5, 5.41) is 8.95. The fourth-order valence-corrected chi connectivity index (χ4v) is 1.31. The normalized spacial score (nSPS) is 12.9. The highest BCUT2D eigenvalue weighted by atomic mass is 19.1. The molecule has 13 heavy (non-hydrogen) atoms. The van der Waals surface area contributed by atoms with Crippen LogP contribution in [0.2, 0.25) is 0 Å². The molecule has 0 fully saturated rings. The quantitative estimate of drug-likeness (QED) is 0.749. The molecule has 0 aliphatic carbocycles. The molecule has 0 radical (unpaired) electrons. The highest BCUT2D eigenvalue weighted by Gasteiger charge is 2.11. The van der Waals surface area contributed by atoms with E-state index in [1.807, 2.05) is 6.92 Å². The largest absolute Gasteiger partial charge is 0.392 e. The first-order chi connectivity index (χ1) is 6.20. The smallest absolute Gasteiger partial charge is 0.129 e. The van der Waals surface area contributed by atoms with Crippen molar-refractivity contribution in [3.05, 3.63) is 35.1 Å². The van der Waals surface area contributed by atoms with Gasteiger partial charge in [0.05, 0.1) is 6.61 Å². The van der Waals surface area contributed by atoms with Crippen molar-refractivity contribution < 1.29 is 9.50 Å². The van der Waals surface area contributed by atoms with E-state index in [9.17, 15) is 4.39 Å². The summed E-state index contributed by atoms with van der Waals surface area (Å²) in [6, 6.07) is 4.50. The molecular weight excluding hydrogens is 169 g/mol. The van der Waals surface area contributed by atoms with Crippen molar-refractivity contribution in [3.63, 3.8) is 0 Å². The maximum absolute atomic E-state index is 13.1. The van der Waals surface area contributed by atoms with Crippen molar-refractivity contribution in [3.8, 4) is 0 Å². The van der Waals surface area contributed by atoms with Gasteiger partial charge in [-0.3, -0.25) is 0 Å². The van der Waals surface area contributed by atoms with Gasteiger partial charge in [-0.1, -0.05) is 19.1 Å². The number of aliphatic hydroxyl groups excluding tert-OH is 1. The van der Waals surface area contributed by atoms with Crippen LogP contribution in [0.25, 0.3) is 0 Å². The molecule has 1 atom stereocenters. The van der Waals surface area contributed by atoms with E-state index in [2.05, 4.69) is 0 Å². The van der Waals surface area contributed by atoms with E-state index in [-0.39, 0.29) is 18.5 Å². The lowest BCUT2D eigenvalue weighted by Gasteiger charge is -2.13. The summed E-state index contributed by atoms with van der Waals surface area (Å²) in [6.07, 6.45) is 0.733. The number of nitrogens with two attached hydrogens (primary N) is 1. The van der Waals surface area contributed by atoms with E-state index in [4.69, 9.17) is 10.8 Å². The maximum Gasteiger partial charge on any atom is 0.129 e. The number of hydrogen-bond acceptors (Lipinski definition) is 2. The number of aliphatic hydroxyl groups is 1. The molecule has 0 saturated heterocycles. The second kappa shape index (κ2) is 4.35. The van der Waals surface area contributed by atoms with E-state index in [1.165, 1.54) is 6.07 Å². The van der Waals surface area contributed by atoms with Crippen LogP contribution in [0.15, 0.2) is 18.2 Å². The molecule has 1 aromatic carbocycles. The first kappa shape index (κ1) is 10.2. The summed E-state index contributed by atoms with van der Waals surface area (Å²) in [6.45, 7) is 1.63. The molecule has 1 aromatic rings. The van der Waals surface area contributed by atoms with E-state index < -0.39 is 0 Å². The molecule has 0 amide bonds. The maximum atomic E-state index is 13.1. The molecule has 1 rings (SSSR count). The van der Waals surface area contributed by atoms with Gasteiger partial charge in [-0.15, -0.1) is 0 Å². The van der Waals surface area contributed by atoms with Crippen LogP contribution >= 0.6 is 0 Å². The minimum Gasteiger partial charge on any atom is -0.392 e. The average molecular weight is 183 g/mol. The van der Waals surface area contributed by atoms with E-state index in [0.29, 0.717) is 11.1 Å². The van der Waals surface area contributed by atoms with Crippen LogP contribution < -0.4 is 5.73 Å². The first-order valence-electron chi connectivity index (χ1n) is 4.34. The summed E-state index contributed by atoms with van der Waals surface area (Å²) in [5.41, 5.74) is 6.78. The van der Waals surface area contributed by atoms with Gasteiger partial charge >= 0.3 is 0 Å². The molecule has 0 aliphatic heterocycles. The summed E-state index contributed by atoms with van der Waals surface area (Å²) in [5.74, 6) is -0.385. The van der Waals surface area contributed by atoms with E-state index >= 15 is 0 Å². The third-order valence-electron chi connectivity index (χ3n) is 2.15. The van der Waals surface area contributed by atoms with Crippen molar-refractivity contribution >= 4 is 0 Å². The van der Waals surface area contributed by atoms with Crippen LogP contribution in [0.1, 0.15) is 30.5 Å². The summed E-state index contributed by atoms with van der Waals surface area (Å²) in [7, 11) is 0. The molecule has 72 valence electrons. The van der Waals surface area contributed by atoms with Crippen molar-refractivity contribution in [1.82, 2.24) is 0 Å². The molecule has 0 unspecified atom stereocenters. The molecule has 2 nitrogen and oxygen atoms in total. The highest BCUT2D eigenvalue weighted by Crippen LogP contribution is 2.21. The number of halogens is 1. The average Bonchev–Trinajstić information content (AvgIpc) is 2.16. The Morgan fingerprint density at radius 2 is 2.23 bits per heavy atom. The van der Waals surface area contributed by atoms with Gasteiger partial charge in [-0.25, -0.2) is 4.39 Å². The fourth-order valence-electron chi connectivity index (χ4n) is 1.31. The fraction of sp³-hybridized carbons (Fsp3) is 0.400. The van der Waals surface area contributed by atoms with Gasteiger partial charge in [-0.05, 0) is 18.1 Å². The second-order valence-corrected chi connectivity index (χ2v) is 2.98. The monoisotopic (exact) mass is 183 g/mol. The standard InChI is InChI=1S/C10H14FNO/c1-2-10(12)7-4-3-5-9(11)8(7)6-13/h3-5,10,13H,2,6,12H2,1H3/t10-/m1/s1. The predicted molar refractivity (Wildman–Crippen MR) is 49.5 cm³/mol. The minimum atomic E-state index is -0.385. The first-order valence-corrected chi connectivity index (χ1v) is 4.34. The lowest BCUT2D eigenvalue weighted by Crippen LogP contribution is -2.12. The van der Waals surface area contributed by atoms with E-state index in [0.717, 1.165) is 6.42 Å². The van der Waals surface area contributed by atoms with Gasteiger partial charge in [0.15, 0.2) is 0 Å². The SMILES string of the molecule is CC[C@@H](N)c1cccc(F)c1CO. The molecule has 0 saturated carbocycles. The Morgan fingerprint density at radius 3 is 2.77 bits per heavy atom. The molecule has 0 aromatic heterocycles. The van der Waals surface area contributed by atoms with Crippen LogP contribution in [-0.4, -0.2) is 5.11 Å². The molecule has 0 spiro atoms. The van der Waals surface area contributed by atoms with Gasteiger partial charge in [0.2, 0.25) is 0 Å². The Balaban J connectivity index is 3.12. The van der Waals surface area contributed by atoms with Crippen LogP contribution in [0.4, 0.5) is 4.39 Å². The molecule has 0 heterocycles. The highest BCUT2D eigenvalue weighted by molar-refractivity contribution is 5.30. The predicted octanol–water partition coefficient (Wildman–Crippen LogP) is 1.73. The number of hydrogen-bond donors (Lipinski definition) is 2. The molecule has 3 heteroatoms. The van der Waals surface area contributed by atoms with E-state index in [1.54, 1.807) is 12.1 Å². The molecular formula is C10H14FNO. The zero-order chi connectivity index (χ0) is 9.84. The van der Waals surface area contributed by atoms with Crippen LogP contribution in [0, 0.1) is 5.82 Å². The lowest BCUT2D eigenvalue weighted by molar-refractivity contribution is 0.273. The van der Waals surface area contributed by atoms with Crippen molar-refractivity contribution in [2.45, 2.75) is 26.0 Å². The minimum absolute atomic E-state index is 0.196.